The number of hydrogen-bond donors (Lipinski definition) is 0. The van der Waals surface area contributed by atoms with E-state index in [0.29, 0.717) is 0 Å². The van der Waals surface area contributed by atoms with Gasteiger partial charge in [-0.25, -0.2) is 0 Å². The second-order valence-electron chi connectivity index (χ2n) is 4.76. The van der Waals surface area contributed by atoms with Crippen LogP contribution in [0.25, 0.3) is 0 Å². The summed E-state index contributed by atoms with van der Waals surface area (Å²) in [5, 5.41) is 16.7. The quantitative estimate of drug-likeness (QED) is 0.348. The van der Waals surface area contributed by atoms with Crippen LogP contribution in [0.1, 0.15) is 77.0 Å². The highest BCUT2D eigenvalue weighted by Crippen LogP contribution is 2.11. The Balaban J connectivity index is 2.97. The van der Waals surface area contributed by atoms with E-state index in [0.717, 1.165) is 19.3 Å². The van der Waals surface area contributed by atoms with Gasteiger partial charge in [-0.15, -0.1) is 0 Å². The van der Waals surface area contributed by atoms with Gasteiger partial charge < -0.3 is 0 Å². The van der Waals surface area contributed by atoms with Crippen LogP contribution in [0.5, 0.6) is 0 Å². The number of nitriles is 2. The van der Waals surface area contributed by atoms with Crippen LogP contribution in [-0.2, 0) is 0 Å². The van der Waals surface area contributed by atoms with E-state index in [9.17, 15) is 0 Å². The van der Waals surface area contributed by atoms with Crippen molar-refractivity contribution in [2.45, 2.75) is 77.0 Å². The molecule has 0 atom stereocenters. The molecule has 100 valence electrons. The van der Waals surface area contributed by atoms with Gasteiger partial charge in [-0.3, -0.25) is 0 Å². The Bertz CT molecular complexity index is 268. The Labute approximate surface area is 112 Å². The smallest absolute Gasteiger partial charge is 0.0908 e. The van der Waals surface area contributed by atoms with E-state index >= 15 is 0 Å². The third-order valence-electron chi connectivity index (χ3n) is 3.10. The summed E-state index contributed by atoms with van der Waals surface area (Å²) in [6.07, 6.45) is 18.1. The fraction of sp³-hybridized carbons (Fsp3) is 0.750. The third-order valence-corrected chi connectivity index (χ3v) is 3.10. The van der Waals surface area contributed by atoms with Gasteiger partial charge in [-0.1, -0.05) is 57.4 Å². The van der Waals surface area contributed by atoms with Gasteiger partial charge in [-0.2, -0.15) is 10.5 Å². The van der Waals surface area contributed by atoms with Gasteiger partial charge in [-0.05, 0) is 19.3 Å². The van der Waals surface area contributed by atoms with Gasteiger partial charge in [0.1, 0.15) is 0 Å². The molecule has 0 aromatic rings. The summed E-state index contributed by atoms with van der Waals surface area (Å²) in [6, 6.07) is 4.20. The fourth-order valence-corrected chi connectivity index (χ4v) is 2.02. The lowest BCUT2D eigenvalue weighted by Gasteiger charge is -2.01. The number of nitrogens with zero attached hydrogens (tertiary/aromatic N) is 2. The average molecular weight is 246 g/mol. The molecular formula is C16H26N2. The topological polar surface area (TPSA) is 47.6 Å². The molecule has 0 aromatic heterocycles. The van der Waals surface area contributed by atoms with E-state index < -0.39 is 0 Å². The molecule has 0 aliphatic rings. The molecule has 0 radical (unpaired) electrons. The average Bonchev–Trinajstić information content (AvgIpc) is 2.39. The molecule has 0 unspecified atom stereocenters. The Morgan fingerprint density at radius 3 is 1.67 bits per heavy atom. The molecule has 0 aromatic carbocycles. The maximum absolute atomic E-state index is 8.39. The molecule has 0 aliphatic heterocycles. The monoisotopic (exact) mass is 246 g/mol. The van der Waals surface area contributed by atoms with Crippen LogP contribution in [0, 0.1) is 22.7 Å². The van der Waals surface area contributed by atoms with Gasteiger partial charge in [0.2, 0.25) is 0 Å². The molecule has 0 N–H and O–H groups in total. The molecule has 0 saturated carbocycles. The predicted molar refractivity (Wildman–Crippen MR) is 75.8 cm³/mol. The Kier molecular flexibility index (Phi) is 14.6. The zero-order valence-electron chi connectivity index (χ0n) is 11.5. The molecular weight excluding hydrogens is 220 g/mol. The number of rotatable bonds is 12. The molecule has 0 heterocycles. The predicted octanol–water partition coefficient (Wildman–Crippen LogP) is 5.27. The van der Waals surface area contributed by atoms with Crippen LogP contribution < -0.4 is 0 Å². The minimum Gasteiger partial charge on any atom is -0.198 e. The van der Waals surface area contributed by atoms with Crippen molar-refractivity contribution in [3.63, 3.8) is 0 Å². The van der Waals surface area contributed by atoms with Crippen molar-refractivity contribution in [1.29, 1.82) is 10.5 Å². The minimum absolute atomic E-state index is 0.722. The van der Waals surface area contributed by atoms with Crippen LogP contribution >= 0.6 is 0 Å². The second-order valence-corrected chi connectivity index (χ2v) is 4.76. The second kappa shape index (κ2) is 15.7. The molecule has 0 aliphatic carbocycles. The van der Waals surface area contributed by atoms with Gasteiger partial charge in [0, 0.05) is 12.5 Å². The maximum atomic E-state index is 8.39. The van der Waals surface area contributed by atoms with Gasteiger partial charge in [0.25, 0.3) is 0 Å². The molecule has 0 amide bonds. The standard InChI is InChI=1S/C16H26N2/c17-15-13-11-9-7-5-3-1-2-4-6-8-10-12-14-16-18/h11,13H,1-10,12,14H2. The van der Waals surface area contributed by atoms with E-state index in [4.69, 9.17) is 10.5 Å². The zero-order valence-corrected chi connectivity index (χ0v) is 11.5. The number of unbranched alkanes of at least 4 members (excludes halogenated alkanes) is 11. The normalized spacial score (nSPS) is 10.3. The van der Waals surface area contributed by atoms with Crippen molar-refractivity contribution in [1.82, 2.24) is 0 Å². The highest BCUT2D eigenvalue weighted by Gasteiger charge is 1.92. The number of allylic oxidation sites excluding steroid dienone is 2. The van der Waals surface area contributed by atoms with E-state index in [1.165, 1.54) is 57.8 Å². The first kappa shape index (κ1) is 16.7. The van der Waals surface area contributed by atoms with E-state index in [1.807, 2.05) is 12.1 Å². The van der Waals surface area contributed by atoms with Crippen molar-refractivity contribution in [3.8, 4) is 12.1 Å². The zero-order chi connectivity index (χ0) is 13.3. The summed E-state index contributed by atoms with van der Waals surface area (Å²) in [6.45, 7) is 0. The molecule has 0 spiro atoms. The van der Waals surface area contributed by atoms with Crippen molar-refractivity contribution >= 4 is 0 Å². The lowest BCUT2D eigenvalue weighted by atomic mass is 10.1. The summed E-state index contributed by atoms with van der Waals surface area (Å²) in [5.41, 5.74) is 0. The van der Waals surface area contributed by atoms with Crippen LogP contribution in [0.4, 0.5) is 0 Å². The first-order valence-corrected chi connectivity index (χ1v) is 7.33. The number of hydrogen-bond acceptors (Lipinski definition) is 2. The van der Waals surface area contributed by atoms with Gasteiger partial charge >= 0.3 is 0 Å². The van der Waals surface area contributed by atoms with Crippen molar-refractivity contribution in [2.24, 2.45) is 0 Å². The van der Waals surface area contributed by atoms with Crippen molar-refractivity contribution < 1.29 is 0 Å². The lowest BCUT2D eigenvalue weighted by molar-refractivity contribution is 0.554. The van der Waals surface area contributed by atoms with Crippen LogP contribution in [-0.4, -0.2) is 0 Å². The first-order chi connectivity index (χ1) is 8.91. The molecule has 0 saturated heterocycles. The van der Waals surface area contributed by atoms with Gasteiger partial charge in [0.05, 0.1) is 12.1 Å². The molecule has 0 fully saturated rings. The summed E-state index contributed by atoms with van der Waals surface area (Å²) in [5.74, 6) is 0. The summed E-state index contributed by atoms with van der Waals surface area (Å²) < 4.78 is 0. The summed E-state index contributed by atoms with van der Waals surface area (Å²) in [4.78, 5) is 0. The maximum Gasteiger partial charge on any atom is 0.0908 e. The van der Waals surface area contributed by atoms with Crippen LogP contribution in [0.15, 0.2) is 12.2 Å². The molecule has 18 heavy (non-hydrogen) atoms. The SMILES string of the molecule is N#CC=CCCCCCCCCCCCCC#N. The van der Waals surface area contributed by atoms with Crippen molar-refractivity contribution in [2.75, 3.05) is 0 Å². The van der Waals surface area contributed by atoms with E-state index in [1.54, 1.807) is 6.08 Å². The van der Waals surface area contributed by atoms with Crippen molar-refractivity contribution in [3.05, 3.63) is 12.2 Å². The summed E-state index contributed by atoms with van der Waals surface area (Å²) in [7, 11) is 0. The first-order valence-electron chi connectivity index (χ1n) is 7.33. The van der Waals surface area contributed by atoms with Crippen LogP contribution in [0.3, 0.4) is 0 Å². The highest BCUT2D eigenvalue weighted by atomic mass is 14.2. The van der Waals surface area contributed by atoms with Crippen LogP contribution in [0.2, 0.25) is 0 Å². The largest absolute Gasteiger partial charge is 0.198 e. The molecule has 2 heteroatoms. The molecule has 0 bridgehead atoms. The fourth-order valence-electron chi connectivity index (χ4n) is 2.02. The summed E-state index contributed by atoms with van der Waals surface area (Å²) >= 11 is 0. The van der Waals surface area contributed by atoms with E-state index in [-0.39, 0.29) is 0 Å². The molecule has 0 rings (SSSR count). The Morgan fingerprint density at radius 2 is 1.17 bits per heavy atom. The van der Waals surface area contributed by atoms with E-state index in [2.05, 4.69) is 6.07 Å². The third kappa shape index (κ3) is 14.7. The highest BCUT2D eigenvalue weighted by molar-refractivity contribution is 5.01. The minimum atomic E-state index is 0.722. The Hall–Kier alpha value is -1.28. The van der Waals surface area contributed by atoms with Gasteiger partial charge in [0.15, 0.2) is 0 Å². The molecule has 2 nitrogen and oxygen atoms in total. The lowest BCUT2D eigenvalue weighted by Crippen LogP contribution is -1.82. The Morgan fingerprint density at radius 1 is 0.667 bits per heavy atom.